The minimum absolute atomic E-state index is 0.0219. The number of nitrogens with zero attached hydrogens (tertiary/aromatic N) is 2. The summed E-state index contributed by atoms with van der Waals surface area (Å²) in [6.07, 6.45) is 4.15. The van der Waals surface area contributed by atoms with E-state index in [1.807, 2.05) is 0 Å². The largest absolute Gasteiger partial charge is 0.431 e. The molecule has 2 fully saturated rings. The monoisotopic (exact) mass is 547 g/mol. The quantitative estimate of drug-likeness (QED) is 0.174. The van der Waals surface area contributed by atoms with Crippen LogP contribution in [-0.4, -0.2) is 52.2 Å². The third-order valence-corrected chi connectivity index (χ3v) is 7.34. The lowest BCUT2D eigenvalue weighted by atomic mass is 9.89. The number of alkyl halides is 3. The number of ketones is 1. The van der Waals surface area contributed by atoms with Crippen LogP contribution in [0.1, 0.15) is 74.6 Å². The number of nitrogens with one attached hydrogen (secondary N) is 2. The second-order valence-electron chi connectivity index (χ2n) is 9.40. The summed E-state index contributed by atoms with van der Waals surface area (Å²) in [6.45, 7) is -0.538. The summed E-state index contributed by atoms with van der Waals surface area (Å²) in [5.74, 6) is -1.69. The molecule has 0 saturated heterocycles. The van der Waals surface area contributed by atoms with Gasteiger partial charge in [0.1, 0.15) is 5.70 Å². The second kappa shape index (κ2) is 11.9. The number of rotatable bonds is 8. The number of allylic oxidation sites excluding steroid dienone is 1. The van der Waals surface area contributed by atoms with Crippen molar-refractivity contribution in [3.05, 3.63) is 39.3 Å². The Balaban J connectivity index is 2.02. The molecule has 12 heteroatoms. The number of hydrogen-bond acceptors (Lipinski definition) is 6. The maximum Gasteiger partial charge on any atom is 0.431 e. The van der Waals surface area contributed by atoms with Crippen molar-refractivity contribution in [2.45, 2.75) is 82.1 Å². The first-order valence-corrected chi connectivity index (χ1v) is 12.7. The summed E-state index contributed by atoms with van der Waals surface area (Å²) in [5.41, 5.74) is 2.57. The van der Waals surface area contributed by atoms with Gasteiger partial charge in [0, 0.05) is 24.7 Å². The zero-order chi connectivity index (χ0) is 26.5. The van der Waals surface area contributed by atoms with E-state index in [1.54, 1.807) is 0 Å². The molecule has 0 bridgehead atoms. The van der Waals surface area contributed by atoms with Gasteiger partial charge in [-0.25, -0.2) is 0 Å². The van der Waals surface area contributed by atoms with Crippen LogP contribution in [0.4, 0.5) is 13.2 Å². The van der Waals surface area contributed by atoms with E-state index in [2.05, 4.69) is 10.3 Å². The van der Waals surface area contributed by atoms with E-state index < -0.39 is 47.4 Å². The summed E-state index contributed by atoms with van der Waals surface area (Å²) in [5, 5.41) is 10.1. The van der Waals surface area contributed by atoms with Gasteiger partial charge in [-0.15, -0.1) is 0 Å². The third kappa shape index (κ3) is 6.77. The summed E-state index contributed by atoms with van der Waals surface area (Å²) in [7, 11) is 0. The molecule has 1 aromatic rings. The number of hydrogen-bond donors (Lipinski definition) is 3. The Hall–Kier alpha value is -2.17. The predicted molar refractivity (Wildman–Crippen MR) is 132 cm³/mol. The van der Waals surface area contributed by atoms with Crippen molar-refractivity contribution in [1.82, 2.24) is 15.2 Å². The third-order valence-electron chi connectivity index (χ3n) is 6.77. The first-order chi connectivity index (χ1) is 17.0. The molecule has 0 unspecified atom stereocenters. The molecular weight excluding hydrogens is 518 g/mol. The summed E-state index contributed by atoms with van der Waals surface area (Å²) in [4.78, 5) is 31.7. The number of Topliss-reactive ketones (excluding diaryl/α,β-unsaturated/α-hetero) is 1. The van der Waals surface area contributed by atoms with Crippen molar-refractivity contribution >= 4 is 41.1 Å². The van der Waals surface area contributed by atoms with Crippen LogP contribution in [0.2, 0.25) is 10.0 Å². The fraction of sp³-hybridized carbons (Fsp3) is 0.583. The Morgan fingerprint density at radius 3 is 2.19 bits per heavy atom. The number of carbonyl (C=O) groups is 2. The number of amides is 1. The van der Waals surface area contributed by atoms with Crippen LogP contribution in [0.3, 0.4) is 0 Å². The number of nitrogens with two attached hydrogens (primary N) is 1. The Kier molecular flexibility index (Phi) is 9.40. The summed E-state index contributed by atoms with van der Waals surface area (Å²) < 4.78 is 42.7. The fourth-order valence-electron chi connectivity index (χ4n) is 4.91. The average molecular weight is 548 g/mol. The molecule has 0 atom stereocenters. The molecule has 0 spiro atoms. The lowest BCUT2D eigenvalue weighted by Gasteiger charge is -2.38. The standard InChI is InChI=1S/C24H30Cl2F3N5O2/c25-17-12-32-13-18(26)20(17)19(35)14-34(15-7-3-1-4-8-15)22(36)16(11-30)21(24(27,28)29)33-23(31)9-5-2-6-10-23/h11-13,15,30,33H,1-10,14,31H2/b21-16+,30-11?. The molecule has 3 rings (SSSR count). The molecule has 0 aromatic carbocycles. The van der Waals surface area contributed by atoms with Gasteiger partial charge in [0.25, 0.3) is 5.91 Å². The lowest BCUT2D eigenvalue weighted by Crippen LogP contribution is -2.57. The van der Waals surface area contributed by atoms with Gasteiger partial charge in [-0.2, -0.15) is 13.2 Å². The molecule has 198 valence electrons. The smallest absolute Gasteiger partial charge is 0.363 e. The molecule has 1 aromatic heterocycles. The molecule has 2 aliphatic rings. The molecule has 36 heavy (non-hydrogen) atoms. The zero-order valence-electron chi connectivity index (χ0n) is 19.8. The van der Waals surface area contributed by atoms with Gasteiger partial charge in [-0.05, 0) is 38.5 Å². The molecule has 1 amide bonds. The fourth-order valence-corrected chi connectivity index (χ4v) is 5.49. The van der Waals surface area contributed by atoms with Crippen LogP contribution in [0.15, 0.2) is 23.7 Å². The van der Waals surface area contributed by atoms with Gasteiger partial charge < -0.3 is 21.4 Å². The highest BCUT2D eigenvalue weighted by Crippen LogP contribution is 2.33. The van der Waals surface area contributed by atoms with Gasteiger partial charge >= 0.3 is 6.18 Å². The predicted octanol–water partition coefficient (Wildman–Crippen LogP) is 5.41. The molecular formula is C24H30Cl2F3N5O2. The molecule has 4 N–H and O–H groups in total. The highest BCUT2D eigenvalue weighted by molar-refractivity contribution is 6.39. The molecule has 0 aliphatic heterocycles. The first kappa shape index (κ1) is 28.4. The highest BCUT2D eigenvalue weighted by atomic mass is 35.5. The Morgan fingerprint density at radius 1 is 1.11 bits per heavy atom. The van der Waals surface area contributed by atoms with Crippen molar-refractivity contribution in [3.63, 3.8) is 0 Å². The number of aromatic nitrogens is 1. The van der Waals surface area contributed by atoms with E-state index in [-0.39, 0.29) is 15.6 Å². The lowest BCUT2D eigenvalue weighted by molar-refractivity contribution is -0.130. The Morgan fingerprint density at radius 2 is 1.67 bits per heavy atom. The van der Waals surface area contributed by atoms with Gasteiger partial charge in [-0.3, -0.25) is 14.6 Å². The van der Waals surface area contributed by atoms with Crippen LogP contribution >= 0.6 is 23.2 Å². The minimum Gasteiger partial charge on any atom is -0.363 e. The van der Waals surface area contributed by atoms with Gasteiger partial charge in [-0.1, -0.05) is 48.9 Å². The van der Waals surface area contributed by atoms with Crippen molar-refractivity contribution < 1.29 is 22.8 Å². The Labute approximate surface area is 218 Å². The topological polar surface area (TPSA) is 112 Å². The van der Waals surface area contributed by atoms with E-state index >= 15 is 0 Å². The van der Waals surface area contributed by atoms with Gasteiger partial charge in [0.2, 0.25) is 0 Å². The average Bonchev–Trinajstić information content (AvgIpc) is 2.82. The molecule has 2 saturated carbocycles. The number of pyridine rings is 1. The summed E-state index contributed by atoms with van der Waals surface area (Å²) in [6, 6.07) is -0.472. The van der Waals surface area contributed by atoms with Crippen molar-refractivity contribution in [1.29, 1.82) is 5.41 Å². The van der Waals surface area contributed by atoms with Gasteiger partial charge in [0.05, 0.1) is 33.4 Å². The first-order valence-electron chi connectivity index (χ1n) is 12.0. The minimum atomic E-state index is -4.97. The normalized spacial score (nSPS) is 19.3. The van der Waals surface area contributed by atoms with Crippen LogP contribution in [0.25, 0.3) is 0 Å². The van der Waals surface area contributed by atoms with Crippen molar-refractivity contribution in [2.75, 3.05) is 6.54 Å². The van der Waals surface area contributed by atoms with Crippen LogP contribution in [0, 0.1) is 5.41 Å². The van der Waals surface area contributed by atoms with Crippen LogP contribution in [0.5, 0.6) is 0 Å². The van der Waals surface area contributed by atoms with E-state index in [0.717, 1.165) is 30.6 Å². The van der Waals surface area contributed by atoms with E-state index in [1.165, 1.54) is 12.4 Å². The second-order valence-corrected chi connectivity index (χ2v) is 10.2. The summed E-state index contributed by atoms with van der Waals surface area (Å²) >= 11 is 12.2. The van der Waals surface area contributed by atoms with Crippen LogP contribution in [-0.2, 0) is 4.79 Å². The number of carbonyl (C=O) groups excluding carboxylic acids is 2. The zero-order valence-corrected chi connectivity index (χ0v) is 21.3. The molecule has 2 aliphatic carbocycles. The SMILES string of the molecule is N=C/C(C(=O)N(CC(=O)c1c(Cl)cncc1Cl)C1CCCCC1)=C(\NC1(N)CCCCC1)C(F)(F)F. The molecule has 0 radical (unpaired) electrons. The van der Waals surface area contributed by atoms with Crippen molar-refractivity contribution in [2.24, 2.45) is 5.73 Å². The van der Waals surface area contributed by atoms with E-state index in [9.17, 15) is 22.8 Å². The Bertz CT molecular complexity index is 999. The van der Waals surface area contributed by atoms with E-state index in [4.69, 9.17) is 34.3 Å². The highest BCUT2D eigenvalue weighted by Gasteiger charge is 2.44. The van der Waals surface area contributed by atoms with E-state index in [0.29, 0.717) is 44.7 Å². The van der Waals surface area contributed by atoms with Crippen molar-refractivity contribution in [3.8, 4) is 0 Å². The number of halogens is 5. The van der Waals surface area contributed by atoms with Gasteiger partial charge in [0.15, 0.2) is 5.78 Å². The van der Waals surface area contributed by atoms with Crippen LogP contribution < -0.4 is 11.1 Å². The maximum absolute atomic E-state index is 14.2. The molecule has 7 nitrogen and oxygen atoms in total. The molecule has 1 heterocycles. The maximum atomic E-state index is 14.2.